The number of piperidine rings is 1. The Morgan fingerprint density at radius 2 is 1.92 bits per heavy atom. The van der Waals surface area contributed by atoms with Gasteiger partial charge in [0.2, 0.25) is 5.91 Å². The minimum Gasteiger partial charge on any atom is -0.495 e. The highest BCUT2D eigenvalue weighted by Crippen LogP contribution is 2.41. The molecule has 3 aromatic rings. The van der Waals surface area contributed by atoms with Crippen LogP contribution in [-0.2, 0) is 19.6 Å². The summed E-state index contributed by atoms with van der Waals surface area (Å²) in [4.78, 5) is 20.6. The fraction of sp³-hybridized carbons (Fsp3) is 0.500. The van der Waals surface area contributed by atoms with Gasteiger partial charge in [0.15, 0.2) is 5.13 Å². The third kappa shape index (κ3) is 5.19. The number of ether oxygens (including phenoxy) is 3. The highest BCUT2D eigenvalue weighted by atomic mass is 35.5. The molecule has 4 heterocycles. The minimum absolute atomic E-state index is 0.136. The second kappa shape index (κ2) is 11.0. The molecule has 0 spiro atoms. The number of rotatable bonds is 8. The van der Waals surface area contributed by atoms with Crippen molar-refractivity contribution >= 4 is 65.6 Å². The van der Waals surface area contributed by atoms with Crippen molar-refractivity contribution in [2.24, 2.45) is 0 Å². The number of thiazole rings is 1. The molecule has 0 radical (unpaired) electrons. The first-order valence-electron chi connectivity index (χ1n) is 12.0. The molecule has 0 aliphatic carbocycles. The lowest BCUT2D eigenvalue weighted by Crippen LogP contribution is -2.54. The SMILES string of the molecule is COc1ccc(OC)c2sc(N(CC3CCCO3)C(=O)C3CCCCN3S(=O)(=O)c3ccc(Cl)s3)nc12. The number of nitrogens with zero attached hydrogens (tertiary/aromatic N) is 3. The van der Waals surface area contributed by atoms with Gasteiger partial charge in [0, 0.05) is 13.2 Å². The number of sulfonamides is 1. The molecule has 0 bridgehead atoms. The number of methoxy groups -OCH3 is 2. The van der Waals surface area contributed by atoms with E-state index in [-0.39, 0.29) is 22.8 Å². The molecule has 2 saturated heterocycles. The average Bonchev–Trinajstić information content (AvgIpc) is 3.67. The lowest BCUT2D eigenvalue weighted by molar-refractivity contribution is -0.123. The van der Waals surface area contributed by atoms with Crippen molar-refractivity contribution in [2.75, 3.05) is 38.8 Å². The Morgan fingerprint density at radius 1 is 1.14 bits per heavy atom. The molecule has 37 heavy (non-hydrogen) atoms. The molecule has 0 saturated carbocycles. The number of carbonyl (C=O) groups excluding carboxylic acids is 1. The summed E-state index contributed by atoms with van der Waals surface area (Å²) < 4.78 is 46.6. The number of halogens is 1. The van der Waals surface area contributed by atoms with Gasteiger partial charge in [-0.25, -0.2) is 13.4 Å². The van der Waals surface area contributed by atoms with Crippen LogP contribution in [-0.4, -0.2) is 69.7 Å². The molecule has 5 rings (SSSR count). The summed E-state index contributed by atoms with van der Waals surface area (Å²) in [6.07, 6.45) is 3.45. The van der Waals surface area contributed by atoms with Crippen molar-refractivity contribution in [1.29, 1.82) is 0 Å². The lowest BCUT2D eigenvalue weighted by Gasteiger charge is -2.36. The van der Waals surface area contributed by atoms with E-state index < -0.39 is 16.1 Å². The summed E-state index contributed by atoms with van der Waals surface area (Å²) in [6.45, 7) is 1.19. The van der Waals surface area contributed by atoms with Crippen molar-refractivity contribution in [2.45, 2.75) is 48.5 Å². The third-order valence-corrected chi connectivity index (χ3v) is 11.4. The number of hydrogen-bond donors (Lipinski definition) is 0. The summed E-state index contributed by atoms with van der Waals surface area (Å²) in [7, 11) is -0.745. The van der Waals surface area contributed by atoms with Crippen molar-refractivity contribution in [1.82, 2.24) is 9.29 Å². The first kappa shape index (κ1) is 26.6. The van der Waals surface area contributed by atoms with Crippen LogP contribution in [0.3, 0.4) is 0 Å². The molecule has 2 fully saturated rings. The van der Waals surface area contributed by atoms with Gasteiger partial charge < -0.3 is 14.2 Å². The van der Waals surface area contributed by atoms with Crippen LogP contribution >= 0.6 is 34.3 Å². The van der Waals surface area contributed by atoms with Gasteiger partial charge in [-0.05, 0) is 49.9 Å². The molecule has 1 amide bonds. The van der Waals surface area contributed by atoms with E-state index in [9.17, 15) is 13.2 Å². The van der Waals surface area contributed by atoms with E-state index in [0.717, 1.165) is 35.3 Å². The first-order chi connectivity index (χ1) is 17.8. The zero-order valence-electron chi connectivity index (χ0n) is 20.5. The maximum atomic E-state index is 14.2. The maximum Gasteiger partial charge on any atom is 0.253 e. The number of fused-ring (bicyclic) bond motifs is 1. The smallest absolute Gasteiger partial charge is 0.253 e. The Morgan fingerprint density at radius 3 is 2.59 bits per heavy atom. The van der Waals surface area contributed by atoms with E-state index in [2.05, 4.69) is 0 Å². The quantitative estimate of drug-likeness (QED) is 0.375. The summed E-state index contributed by atoms with van der Waals surface area (Å²) in [5, 5.41) is 0.459. The van der Waals surface area contributed by atoms with Gasteiger partial charge in [-0.1, -0.05) is 29.4 Å². The monoisotopic (exact) mass is 585 g/mol. The topological polar surface area (TPSA) is 98.3 Å². The molecule has 9 nitrogen and oxygen atoms in total. The van der Waals surface area contributed by atoms with Crippen molar-refractivity contribution in [3.05, 3.63) is 28.6 Å². The molecular formula is C24H28ClN3O6S3. The fourth-order valence-electron chi connectivity index (χ4n) is 4.82. The zero-order valence-corrected chi connectivity index (χ0v) is 23.7. The van der Waals surface area contributed by atoms with Crippen LogP contribution in [0.2, 0.25) is 4.34 Å². The molecule has 2 unspecified atom stereocenters. The maximum absolute atomic E-state index is 14.2. The predicted octanol–water partition coefficient (Wildman–Crippen LogP) is 4.78. The van der Waals surface area contributed by atoms with Gasteiger partial charge in [0.1, 0.15) is 32.0 Å². The number of benzene rings is 1. The second-order valence-corrected chi connectivity index (χ2v) is 13.7. The normalized spacial score (nSPS) is 20.8. The molecule has 2 aliphatic rings. The number of carbonyl (C=O) groups is 1. The van der Waals surface area contributed by atoms with Crippen LogP contribution in [0.25, 0.3) is 10.2 Å². The minimum atomic E-state index is -3.89. The molecule has 13 heteroatoms. The van der Waals surface area contributed by atoms with E-state index in [1.54, 1.807) is 37.3 Å². The number of amides is 1. The average molecular weight is 586 g/mol. The van der Waals surface area contributed by atoms with E-state index >= 15 is 0 Å². The van der Waals surface area contributed by atoms with Crippen LogP contribution < -0.4 is 14.4 Å². The van der Waals surface area contributed by atoms with Crippen LogP contribution in [0.1, 0.15) is 32.1 Å². The van der Waals surface area contributed by atoms with Gasteiger partial charge >= 0.3 is 0 Å². The van der Waals surface area contributed by atoms with Gasteiger partial charge in [0.25, 0.3) is 10.0 Å². The standard InChI is InChI=1S/C24H28ClN3O6S3/c1-32-17-8-9-18(33-2)22-21(17)26-24(36-22)27(14-15-6-5-13-34-15)23(29)16-7-3-4-12-28(16)37(30,31)20-11-10-19(25)35-20/h8-11,15-16H,3-7,12-14H2,1-2H3. The fourth-order valence-corrected chi connectivity index (χ4v) is 9.17. The van der Waals surface area contributed by atoms with Gasteiger partial charge in [0.05, 0.1) is 31.2 Å². The van der Waals surface area contributed by atoms with Crippen molar-refractivity contribution in [3.8, 4) is 11.5 Å². The zero-order chi connectivity index (χ0) is 26.2. The van der Waals surface area contributed by atoms with Crippen LogP contribution in [0, 0.1) is 0 Å². The Hall–Kier alpha value is -1.96. The largest absolute Gasteiger partial charge is 0.495 e. The predicted molar refractivity (Wildman–Crippen MR) is 145 cm³/mol. The summed E-state index contributed by atoms with van der Waals surface area (Å²) >= 11 is 8.35. The Labute approximate surface area is 228 Å². The summed E-state index contributed by atoms with van der Waals surface area (Å²) in [6, 6.07) is 5.78. The Kier molecular flexibility index (Phi) is 7.94. The first-order valence-corrected chi connectivity index (χ1v) is 15.5. The van der Waals surface area contributed by atoms with Crippen LogP contribution in [0.5, 0.6) is 11.5 Å². The van der Waals surface area contributed by atoms with Crippen LogP contribution in [0.4, 0.5) is 5.13 Å². The number of anilines is 1. The summed E-state index contributed by atoms with van der Waals surface area (Å²) in [5.74, 6) is 0.887. The highest BCUT2D eigenvalue weighted by Gasteiger charge is 2.42. The third-order valence-electron chi connectivity index (χ3n) is 6.66. The molecule has 0 N–H and O–H groups in total. The van der Waals surface area contributed by atoms with E-state index in [1.165, 1.54) is 21.7 Å². The molecule has 1 aromatic carbocycles. The van der Waals surface area contributed by atoms with Gasteiger partial charge in [-0.2, -0.15) is 4.31 Å². The number of thiophene rings is 1. The Balaban J connectivity index is 1.55. The van der Waals surface area contributed by atoms with Gasteiger partial charge in [-0.15, -0.1) is 11.3 Å². The molecule has 2 aliphatic heterocycles. The lowest BCUT2D eigenvalue weighted by atomic mass is 10.0. The molecule has 2 aromatic heterocycles. The second-order valence-electron chi connectivity index (χ2n) is 8.91. The Bertz CT molecular complexity index is 1340. The number of aromatic nitrogens is 1. The number of hydrogen-bond acceptors (Lipinski definition) is 9. The van der Waals surface area contributed by atoms with E-state index in [4.69, 9.17) is 30.8 Å². The van der Waals surface area contributed by atoms with E-state index in [0.29, 0.717) is 52.5 Å². The van der Waals surface area contributed by atoms with Crippen molar-refractivity contribution < 1.29 is 27.4 Å². The van der Waals surface area contributed by atoms with Crippen molar-refractivity contribution in [3.63, 3.8) is 0 Å². The molecular weight excluding hydrogens is 558 g/mol. The molecule has 2 atom stereocenters. The molecule has 200 valence electrons. The van der Waals surface area contributed by atoms with E-state index in [1.807, 2.05) is 0 Å². The highest BCUT2D eigenvalue weighted by molar-refractivity contribution is 7.91. The summed E-state index contributed by atoms with van der Waals surface area (Å²) in [5.41, 5.74) is 0.591. The van der Waals surface area contributed by atoms with Gasteiger partial charge in [-0.3, -0.25) is 9.69 Å². The van der Waals surface area contributed by atoms with Crippen LogP contribution in [0.15, 0.2) is 28.5 Å².